The van der Waals surface area contributed by atoms with Crippen molar-refractivity contribution in [2.45, 2.75) is 46.1 Å². The van der Waals surface area contributed by atoms with Crippen molar-refractivity contribution in [1.82, 2.24) is 10.6 Å². The van der Waals surface area contributed by atoms with Crippen LogP contribution < -0.4 is 10.6 Å². The Morgan fingerprint density at radius 2 is 1.63 bits per heavy atom. The van der Waals surface area contributed by atoms with E-state index in [-0.39, 0.29) is 11.8 Å². The van der Waals surface area contributed by atoms with Crippen LogP contribution in [0.2, 0.25) is 0 Å². The molecular weight excluding hydrogens is 336 g/mol. The number of ketones is 1. The van der Waals surface area contributed by atoms with E-state index in [2.05, 4.69) is 24.5 Å². The zero-order valence-electron chi connectivity index (χ0n) is 16.1. The Hall–Kier alpha value is -2.88. The van der Waals surface area contributed by atoms with Gasteiger partial charge in [-0.15, -0.1) is 0 Å². The Labute approximate surface area is 160 Å². The number of unbranched alkanes of at least 4 members (excludes halogenated alkanes) is 2. The van der Waals surface area contributed by atoms with E-state index in [1.807, 2.05) is 49.4 Å². The van der Waals surface area contributed by atoms with Gasteiger partial charge in [-0.1, -0.05) is 87.2 Å². The highest BCUT2D eigenvalue weighted by atomic mass is 16.2. The average Bonchev–Trinajstić information content (AvgIpc) is 2.95. The van der Waals surface area contributed by atoms with Crippen LogP contribution in [0.15, 0.2) is 54.1 Å². The molecule has 1 aliphatic heterocycles. The second kappa shape index (κ2) is 8.21. The number of benzene rings is 2. The zero-order valence-corrected chi connectivity index (χ0v) is 16.1. The lowest BCUT2D eigenvalue weighted by atomic mass is 9.93. The van der Waals surface area contributed by atoms with Gasteiger partial charge < -0.3 is 10.6 Å². The summed E-state index contributed by atoms with van der Waals surface area (Å²) in [5, 5.41) is 5.66. The summed E-state index contributed by atoms with van der Waals surface area (Å²) < 4.78 is 0. The highest BCUT2D eigenvalue weighted by Gasteiger charge is 2.39. The Morgan fingerprint density at radius 3 is 2.26 bits per heavy atom. The number of urea groups is 1. The number of fused-ring (bicyclic) bond motifs is 2. The maximum Gasteiger partial charge on any atom is 0.320 e. The van der Waals surface area contributed by atoms with Gasteiger partial charge in [-0.05, 0) is 12.5 Å². The fourth-order valence-electron chi connectivity index (χ4n) is 3.52. The number of carbonyl (C=O) groups is 2. The van der Waals surface area contributed by atoms with Gasteiger partial charge in [-0.2, -0.15) is 0 Å². The molecule has 0 bridgehead atoms. The summed E-state index contributed by atoms with van der Waals surface area (Å²) in [5.74, 6) is -0.0235. The lowest BCUT2D eigenvalue weighted by Gasteiger charge is -2.26. The molecule has 2 aromatic rings. The Balaban J connectivity index is 0.000000376. The summed E-state index contributed by atoms with van der Waals surface area (Å²) in [7, 11) is 0. The van der Waals surface area contributed by atoms with Crippen molar-refractivity contribution in [1.29, 1.82) is 0 Å². The van der Waals surface area contributed by atoms with Crippen LogP contribution in [-0.4, -0.2) is 11.8 Å². The maximum atomic E-state index is 12.8. The number of hydrogen-bond acceptors (Lipinski definition) is 2. The van der Waals surface area contributed by atoms with Crippen LogP contribution in [0.1, 0.15) is 66.2 Å². The number of nitrogens with one attached hydrogen (secondary N) is 2. The molecule has 140 valence electrons. The molecule has 2 amide bonds. The van der Waals surface area contributed by atoms with Crippen molar-refractivity contribution in [2.24, 2.45) is 0 Å². The maximum absolute atomic E-state index is 12.8. The molecule has 2 aromatic carbocycles. The normalized spacial score (nSPS) is 17.4. The third kappa shape index (κ3) is 3.80. The number of Topliss-reactive ketones (excluding diaryl/α,β-unsaturated/α-hetero) is 1. The van der Waals surface area contributed by atoms with E-state index in [0.717, 1.165) is 16.7 Å². The number of amides is 2. The highest BCUT2D eigenvalue weighted by Crippen LogP contribution is 2.39. The van der Waals surface area contributed by atoms with Gasteiger partial charge in [0.05, 0.1) is 17.3 Å². The first-order valence-corrected chi connectivity index (χ1v) is 9.59. The summed E-state index contributed by atoms with van der Waals surface area (Å²) in [6, 6.07) is 14.5. The molecule has 27 heavy (non-hydrogen) atoms. The van der Waals surface area contributed by atoms with Gasteiger partial charge >= 0.3 is 6.03 Å². The summed E-state index contributed by atoms with van der Waals surface area (Å²) in [5.41, 5.74) is 4.71. The second-order valence-corrected chi connectivity index (χ2v) is 6.96. The van der Waals surface area contributed by atoms with Gasteiger partial charge in [-0.25, -0.2) is 4.79 Å². The molecular formula is C23H26N2O2. The van der Waals surface area contributed by atoms with Crippen molar-refractivity contribution in [3.05, 3.63) is 76.4 Å². The first-order chi connectivity index (χ1) is 13.1. The molecule has 1 heterocycles. The molecule has 4 rings (SSSR count). The molecule has 0 aromatic heterocycles. The molecule has 4 heteroatoms. The van der Waals surface area contributed by atoms with Gasteiger partial charge in [0.25, 0.3) is 0 Å². The minimum absolute atomic E-state index is 0.0235. The van der Waals surface area contributed by atoms with Crippen LogP contribution in [0, 0.1) is 6.92 Å². The lowest BCUT2D eigenvalue weighted by Crippen LogP contribution is -2.43. The average molecular weight is 362 g/mol. The van der Waals surface area contributed by atoms with Crippen molar-refractivity contribution in [2.75, 3.05) is 0 Å². The molecule has 0 saturated heterocycles. The molecule has 4 nitrogen and oxygen atoms in total. The molecule has 2 aliphatic rings. The second-order valence-electron chi connectivity index (χ2n) is 6.96. The van der Waals surface area contributed by atoms with Crippen LogP contribution in [0.3, 0.4) is 0 Å². The minimum Gasteiger partial charge on any atom is -0.327 e. The van der Waals surface area contributed by atoms with Crippen LogP contribution in [0.4, 0.5) is 4.79 Å². The van der Waals surface area contributed by atoms with Crippen molar-refractivity contribution in [3.63, 3.8) is 0 Å². The van der Waals surface area contributed by atoms with E-state index in [4.69, 9.17) is 0 Å². The monoisotopic (exact) mass is 362 g/mol. The van der Waals surface area contributed by atoms with Gasteiger partial charge in [-0.3, -0.25) is 4.79 Å². The van der Waals surface area contributed by atoms with Gasteiger partial charge in [0, 0.05) is 11.1 Å². The Kier molecular flexibility index (Phi) is 5.75. The molecule has 0 spiro atoms. The summed E-state index contributed by atoms with van der Waals surface area (Å²) in [6.45, 7) is 6.42. The smallest absolute Gasteiger partial charge is 0.320 e. The first-order valence-electron chi connectivity index (χ1n) is 9.59. The van der Waals surface area contributed by atoms with E-state index in [1.165, 1.54) is 19.3 Å². The summed E-state index contributed by atoms with van der Waals surface area (Å²) in [6.07, 6.45) is 4.08. The van der Waals surface area contributed by atoms with E-state index in [0.29, 0.717) is 16.8 Å². The van der Waals surface area contributed by atoms with Crippen LogP contribution >= 0.6 is 0 Å². The van der Waals surface area contributed by atoms with E-state index < -0.39 is 6.04 Å². The Morgan fingerprint density at radius 1 is 0.926 bits per heavy atom. The van der Waals surface area contributed by atoms with Crippen molar-refractivity contribution >= 4 is 17.5 Å². The lowest BCUT2D eigenvalue weighted by molar-refractivity contribution is 0.103. The van der Waals surface area contributed by atoms with Crippen LogP contribution in [0.25, 0.3) is 5.70 Å². The molecule has 1 atom stereocenters. The molecule has 1 aliphatic carbocycles. The first kappa shape index (κ1) is 18.9. The van der Waals surface area contributed by atoms with E-state index >= 15 is 0 Å². The third-order valence-corrected chi connectivity index (χ3v) is 4.84. The SMILES string of the molecule is CCCCC.Cc1cccc(C2NC(=O)NC3=C2C(=O)c2ccccc23)c1. The van der Waals surface area contributed by atoms with Crippen LogP contribution in [0.5, 0.6) is 0 Å². The fraction of sp³-hybridized carbons (Fsp3) is 0.304. The number of carbonyl (C=O) groups excluding carboxylic acids is 2. The topological polar surface area (TPSA) is 58.2 Å². The number of hydrogen-bond donors (Lipinski definition) is 2. The standard InChI is InChI=1S/C18H14N2O2.C5H12/c1-10-5-4-6-11(9-10)15-14-16(20-18(22)19-15)12-7-2-3-8-13(12)17(14)21;1-3-5-4-2/h2-9,15H,1H3,(H2,19,20,22);3-5H2,1-2H3. The molecule has 0 saturated carbocycles. The van der Waals surface area contributed by atoms with Crippen molar-refractivity contribution in [3.8, 4) is 0 Å². The fourth-order valence-corrected chi connectivity index (χ4v) is 3.52. The van der Waals surface area contributed by atoms with Gasteiger partial charge in [0.15, 0.2) is 5.78 Å². The Bertz CT molecular complexity index is 897. The number of rotatable bonds is 3. The summed E-state index contributed by atoms with van der Waals surface area (Å²) >= 11 is 0. The summed E-state index contributed by atoms with van der Waals surface area (Å²) in [4.78, 5) is 24.8. The van der Waals surface area contributed by atoms with Crippen molar-refractivity contribution < 1.29 is 9.59 Å². The molecule has 1 unspecified atom stereocenters. The molecule has 2 N–H and O–H groups in total. The largest absolute Gasteiger partial charge is 0.327 e. The quantitative estimate of drug-likeness (QED) is 0.793. The third-order valence-electron chi connectivity index (χ3n) is 4.84. The zero-order chi connectivity index (χ0) is 19.4. The number of aryl methyl sites for hydroxylation is 1. The van der Waals surface area contributed by atoms with Gasteiger partial charge in [0.1, 0.15) is 0 Å². The van der Waals surface area contributed by atoms with Gasteiger partial charge in [0.2, 0.25) is 0 Å². The molecule has 0 radical (unpaired) electrons. The van der Waals surface area contributed by atoms with E-state index in [1.54, 1.807) is 6.07 Å². The highest BCUT2D eigenvalue weighted by molar-refractivity contribution is 6.23. The van der Waals surface area contributed by atoms with Crippen LogP contribution in [-0.2, 0) is 0 Å². The van der Waals surface area contributed by atoms with E-state index in [9.17, 15) is 9.59 Å². The molecule has 0 fully saturated rings. The predicted octanol–water partition coefficient (Wildman–Crippen LogP) is 5.15. The minimum atomic E-state index is -0.413. The predicted molar refractivity (Wildman–Crippen MR) is 108 cm³/mol.